The van der Waals surface area contributed by atoms with Crippen molar-refractivity contribution in [1.82, 2.24) is 37.2 Å². The average molecular weight is 675 g/mol. The van der Waals surface area contributed by atoms with E-state index in [1.807, 2.05) is 0 Å². The molecule has 19 heteroatoms. The highest BCUT2D eigenvalue weighted by atomic mass is 16.2. The minimum atomic E-state index is -1.18. The number of hydrogen-bond donors (Lipinski definition) is 14. The quantitative estimate of drug-likeness (QED) is 0.0324. The number of benzene rings is 1. The molecular formula is C29H50N14O5. The van der Waals surface area contributed by atoms with Crippen molar-refractivity contribution in [1.29, 1.82) is 16.2 Å². The van der Waals surface area contributed by atoms with Crippen LogP contribution in [0.4, 0.5) is 0 Å². The van der Waals surface area contributed by atoms with Crippen LogP contribution in [0.2, 0.25) is 0 Å². The Kier molecular flexibility index (Phi) is 18.5. The Bertz CT molecular complexity index is 1260. The molecular weight excluding hydrogens is 624 g/mol. The maximum Gasteiger partial charge on any atom is 0.243 e. The molecule has 18 N–H and O–H groups in total. The van der Waals surface area contributed by atoms with Crippen molar-refractivity contribution in [2.24, 2.45) is 22.9 Å². The minimum absolute atomic E-state index is 0.0642. The highest BCUT2D eigenvalue weighted by Crippen LogP contribution is 2.07. The molecule has 0 saturated carbocycles. The first kappa shape index (κ1) is 40.4. The fourth-order valence-corrected chi connectivity index (χ4v) is 4.53. The second-order valence-electron chi connectivity index (χ2n) is 11.0. The maximum absolute atomic E-state index is 13.7. The monoisotopic (exact) mass is 674 g/mol. The molecule has 0 aliphatic rings. The summed E-state index contributed by atoms with van der Waals surface area (Å²) in [5.41, 5.74) is 22.3. The van der Waals surface area contributed by atoms with Gasteiger partial charge >= 0.3 is 0 Å². The van der Waals surface area contributed by atoms with Crippen LogP contribution in [0, 0.1) is 16.2 Å². The van der Waals surface area contributed by atoms with E-state index in [0.29, 0.717) is 6.42 Å². The van der Waals surface area contributed by atoms with Crippen LogP contribution in [-0.2, 0) is 30.4 Å². The highest BCUT2D eigenvalue weighted by Gasteiger charge is 2.30. The van der Waals surface area contributed by atoms with Gasteiger partial charge in [-0.15, -0.1) is 0 Å². The van der Waals surface area contributed by atoms with E-state index in [1.54, 1.807) is 30.3 Å². The minimum Gasteiger partial charge on any atom is -0.370 e. The van der Waals surface area contributed by atoms with E-state index >= 15 is 0 Å². The van der Waals surface area contributed by atoms with Crippen molar-refractivity contribution in [3.63, 3.8) is 0 Å². The van der Waals surface area contributed by atoms with E-state index in [0.717, 1.165) is 5.56 Å². The van der Waals surface area contributed by atoms with Crippen LogP contribution >= 0.6 is 0 Å². The third kappa shape index (κ3) is 17.8. The van der Waals surface area contributed by atoms with Gasteiger partial charge in [0.1, 0.15) is 24.2 Å². The summed E-state index contributed by atoms with van der Waals surface area (Å²) in [6, 6.07) is 4.44. The topological polar surface area (TPSA) is 345 Å². The highest BCUT2D eigenvalue weighted by molar-refractivity contribution is 5.95. The molecule has 0 aromatic heterocycles. The smallest absolute Gasteiger partial charge is 0.243 e. The molecule has 0 unspecified atom stereocenters. The van der Waals surface area contributed by atoms with E-state index in [-0.39, 0.29) is 76.0 Å². The number of hydrogen-bond acceptors (Lipinski definition) is 8. The van der Waals surface area contributed by atoms with E-state index in [9.17, 15) is 24.0 Å². The van der Waals surface area contributed by atoms with Crippen molar-refractivity contribution >= 4 is 47.4 Å². The zero-order valence-electron chi connectivity index (χ0n) is 27.1. The predicted molar refractivity (Wildman–Crippen MR) is 180 cm³/mol. The standard InChI is InChI=1S/C29H50N14O5/c1-17(44)40-19(10-5-13-37-27(31)32)24(46)41-20(11-6-14-38-28(33)34)25(47)42-21(12-7-15-39-29(35)36)26(48)43-22(23(30)45)16-18-8-3-2-4-9-18/h2-4,8-9,19-22H,5-7,10-16H2,1H3,(H2,30,45)(H,40,44)(H,41,46)(H,42,47)(H,43,48)(H4,31,32,37)(H4,33,34,38)(H4,35,36,39)/t19-,20-,21-,22-/m0/s1. The number of guanidine groups is 3. The van der Waals surface area contributed by atoms with E-state index in [2.05, 4.69) is 37.2 Å². The lowest BCUT2D eigenvalue weighted by Crippen LogP contribution is -2.58. The van der Waals surface area contributed by atoms with Crippen LogP contribution in [0.5, 0.6) is 0 Å². The van der Waals surface area contributed by atoms with Crippen LogP contribution < -0.4 is 60.2 Å². The number of amides is 5. The first-order valence-corrected chi connectivity index (χ1v) is 15.4. The van der Waals surface area contributed by atoms with Gasteiger partial charge in [0, 0.05) is 33.0 Å². The molecule has 5 amide bonds. The Balaban J connectivity index is 3.19. The summed E-state index contributed by atoms with van der Waals surface area (Å²) in [7, 11) is 0. The zero-order chi connectivity index (χ0) is 36.1. The summed E-state index contributed by atoms with van der Waals surface area (Å²) in [6.07, 6.45) is 1.34. The lowest BCUT2D eigenvalue weighted by atomic mass is 10.0. The second kappa shape index (κ2) is 22.0. The summed E-state index contributed by atoms with van der Waals surface area (Å²) in [4.78, 5) is 64.6. The Labute approximate surface area is 279 Å². The predicted octanol–water partition coefficient (Wildman–Crippen LogP) is -3.54. The lowest BCUT2D eigenvalue weighted by Gasteiger charge is -2.26. The van der Waals surface area contributed by atoms with Gasteiger partial charge in [-0.05, 0) is 44.1 Å². The van der Waals surface area contributed by atoms with Gasteiger partial charge in [0.05, 0.1) is 0 Å². The fourth-order valence-electron chi connectivity index (χ4n) is 4.53. The lowest BCUT2D eigenvalue weighted by molar-refractivity contribution is -0.134. The molecule has 266 valence electrons. The van der Waals surface area contributed by atoms with Gasteiger partial charge in [0.2, 0.25) is 29.5 Å². The number of nitrogens with two attached hydrogens (primary N) is 4. The SMILES string of the molecule is CC(=O)N[C@@H](CCCNC(=N)N)C(=O)N[C@@H](CCCNC(=N)N)C(=O)N[C@@H](CCCNC(=N)N)C(=O)N[C@@H](Cc1ccccc1)C(N)=O. The average Bonchev–Trinajstić information content (AvgIpc) is 3.00. The normalized spacial score (nSPS) is 12.9. The molecule has 0 aliphatic heterocycles. The van der Waals surface area contributed by atoms with Crippen LogP contribution in [0.15, 0.2) is 30.3 Å². The van der Waals surface area contributed by atoms with Gasteiger partial charge in [-0.2, -0.15) is 0 Å². The summed E-state index contributed by atoms with van der Waals surface area (Å²) >= 11 is 0. The number of rotatable bonds is 22. The molecule has 1 rings (SSSR count). The molecule has 1 aromatic rings. The summed E-state index contributed by atoms with van der Waals surface area (Å²) in [6.45, 7) is 1.94. The largest absolute Gasteiger partial charge is 0.370 e. The Morgan fingerprint density at radius 2 is 0.938 bits per heavy atom. The molecule has 19 nitrogen and oxygen atoms in total. The van der Waals surface area contributed by atoms with Crippen LogP contribution in [0.25, 0.3) is 0 Å². The maximum atomic E-state index is 13.7. The molecule has 0 aliphatic carbocycles. The molecule has 0 fully saturated rings. The third-order valence-corrected chi connectivity index (χ3v) is 6.86. The van der Waals surface area contributed by atoms with Gasteiger partial charge in [0.15, 0.2) is 17.9 Å². The summed E-state index contributed by atoms with van der Waals surface area (Å²) < 4.78 is 0. The molecule has 48 heavy (non-hydrogen) atoms. The Hall–Kier alpha value is -5.62. The molecule has 0 bridgehead atoms. The number of primary amides is 1. The molecule has 0 spiro atoms. The molecule has 4 atom stereocenters. The third-order valence-electron chi connectivity index (χ3n) is 6.86. The summed E-state index contributed by atoms with van der Waals surface area (Å²) in [5, 5.41) is 40.3. The van der Waals surface area contributed by atoms with Crippen LogP contribution in [-0.4, -0.2) is 91.2 Å². The first-order chi connectivity index (χ1) is 22.7. The van der Waals surface area contributed by atoms with Crippen molar-refractivity contribution in [2.75, 3.05) is 19.6 Å². The van der Waals surface area contributed by atoms with Gasteiger partial charge in [0.25, 0.3) is 0 Å². The Morgan fingerprint density at radius 3 is 1.27 bits per heavy atom. The van der Waals surface area contributed by atoms with Crippen LogP contribution in [0.3, 0.4) is 0 Å². The Morgan fingerprint density at radius 1 is 0.583 bits per heavy atom. The van der Waals surface area contributed by atoms with Gasteiger partial charge in [-0.25, -0.2) is 0 Å². The summed E-state index contributed by atoms with van der Waals surface area (Å²) in [5.74, 6) is -4.12. The van der Waals surface area contributed by atoms with Crippen molar-refractivity contribution in [3.05, 3.63) is 35.9 Å². The molecule has 1 aromatic carbocycles. The van der Waals surface area contributed by atoms with E-state index in [4.69, 9.17) is 39.2 Å². The van der Waals surface area contributed by atoms with Gasteiger partial charge in [-0.1, -0.05) is 30.3 Å². The number of nitrogens with one attached hydrogen (secondary N) is 10. The van der Waals surface area contributed by atoms with Crippen LogP contribution in [0.1, 0.15) is 51.0 Å². The fraction of sp³-hybridized carbons (Fsp3) is 0.517. The first-order valence-electron chi connectivity index (χ1n) is 15.4. The zero-order valence-corrected chi connectivity index (χ0v) is 27.1. The van der Waals surface area contributed by atoms with Crippen molar-refractivity contribution < 1.29 is 24.0 Å². The van der Waals surface area contributed by atoms with Gasteiger partial charge in [-0.3, -0.25) is 40.2 Å². The van der Waals surface area contributed by atoms with Crippen molar-refractivity contribution in [3.8, 4) is 0 Å². The number of carbonyl (C=O) groups excluding carboxylic acids is 5. The second-order valence-corrected chi connectivity index (χ2v) is 11.0. The van der Waals surface area contributed by atoms with Gasteiger partial charge < -0.3 is 60.2 Å². The van der Waals surface area contributed by atoms with E-state index < -0.39 is 53.7 Å². The molecule has 0 saturated heterocycles. The van der Waals surface area contributed by atoms with Crippen molar-refractivity contribution in [2.45, 2.75) is 76.0 Å². The molecule has 0 radical (unpaired) electrons. The van der Waals surface area contributed by atoms with E-state index in [1.165, 1.54) is 6.92 Å². The molecule has 0 heterocycles. The number of carbonyl (C=O) groups is 5.